The van der Waals surface area contributed by atoms with Crippen LogP contribution in [0.4, 0.5) is 0 Å². The molecule has 8 N–H and O–H groups in total. The van der Waals surface area contributed by atoms with E-state index in [9.17, 15) is 32.4 Å². The van der Waals surface area contributed by atoms with E-state index in [2.05, 4.69) is 63.7 Å². The van der Waals surface area contributed by atoms with Crippen LogP contribution in [0, 0.1) is 0 Å². The summed E-state index contributed by atoms with van der Waals surface area (Å²) in [6.07, 6.45) is 18.3. The van der Waals surface area contributed by atoms with Gasteiger partial charge >= 0.3 is 0 Å². The van der Waals surface area contributed by atoms with Crippen LogP contribution < -0.4 is 27.4 Å². The summed E-state index contributed by atoms with van der Waals surface area (Å²) in [7, 11) is 2.17. The number of aliphatic imine (C=N–C) groups is 2. The average molecular weight is 946 g/mol. The number of carbonyl (C=O) groups excluding carboxylic acids is 5. The number of imidazole rings is 1. The summed E-state index contributed by atoms with van der Waals surface area (Å²) in [5, 5.41) is 9.68. The first-order chi connectivity index (χ1) is 31.9. The van der Waals surface area contributed by atoms with Crippen LogP contribution >= 0.6 is 0 Å². The van der Waals surface area contributed by atoms with Crippen molar-refractivity contribution < 1.29 is 32.4 Å². The number of nitrogens with two attached hydrogens (primary N) is 2. The number of nitrogens with zero attached hydrogens (tertiary/aromatic N) is 7. The molecule has 3 unspecified atom stereocenters. The van der Waals surface area contributed by atoms with Gasteiger partial charge in [0.05, 0.1) is 29.0 Å². The Balaban J connectivity index is 0.000000168. The third-order valence-electron chi connectivity index (χ3n) is 13.1. The lowest BCUT2D eigenvalue weighted by Crippen LogP contribution is -2.60. The maximum atomic E-state index is 13.8. The molecule has 2 aromatic rings. The normalized spacial score (nSPS) is 24.1. The third-order valence-corrected chi connectivity index (χ3v) is 15.1. The molecule has 5 fully saturated rings. The van der Waals surface area contributed by atoms with Crippen molar-refractivity contribution >= 4 is 51.7 Å². The smallest absolute Gasteiger partial charge is 0.245 e. The zero-order chi connectivity index (χ0) is 48.4. The van der Waals surface area contributed by atoms with Gasteiger partial charge in [0.25, 0.3) is 0 Å². The van der Waals surface area contributed by atoms with Crippen molar-refractivity contribution in [3.05, 3.63) is 71.6 Å². The van der Waals surface area contributed by atoms with Crippen molar-refractivity contribution in [2.75, 3.05) is 60.4 Å². The predicted octanol–water partition coefficient (Wildman–Crippen LogP) is 0.839. The first kappa shape index (κ1) is 51.1. The van der Waals surface area contributed by atoms with Gasteiger partial charge in [0.1, 0.15) is 17.5 Å². The maximum absolute atomic E-state index is 13.8. The lowest BCUT2D eigenvalue weighted by atomic mass is 9.98. The Kier molecular flexibility index (Phi) is 17.3. The summed E-state index contributed by atoms with van der Waals surface area (Å²) in [5.41, 5.74) is 12.2. The number of amides is 3. The number of allylic oxidation sites excluding steroid dienone is 2. The monoisotopic (exact) mass is 946 g/mol. The zero-order valence-corrected chi connectivity index (χ0v) is 39.9. The molecule has 8 heterocycles. The van der Waals surface area contributed by atoms with E-state index < -0.39 is 33.7 Å². The van der Waals surface area contributed by atoms with E-state index in [0.29, 0.717) is 56.5 Å². The summed E-state index contributed by atoms with van der Waals surface area (Å²) < 4.78 is 28.9. The molecule has 7 aliphatic rings. The van der Waals surface area contributed by atoms with Crippen molar-refractivity contribution in [1.82, 2.24) is 44.9 Å². The number of likely N-dealkylation sites (tertiary alicyclic amines) is 3. The molecule has 0 radical (unpaired) electrons. The van der Waals surface area contributed by atoms with Crippen LogP contribution in [0.25, 0.3) is 0 Å². The Bertz CT molecular complexity index is 2310. The molecule has 1 aromatic carbocycles. The fourth-order valence-corrected chi connectivity index (χ4v) is 10.8. The number of aromatic nitrogens is 2. The van der Waals surface area contributed by atoms with Gasteiger partial charge in [-0.3, -0.25) is 39.3 Å². The van der Waals surface area contributed by atoms with Crippen molar-refractivity contribution in [2.45, 2.75) is 112 Å². The van der Waals surface area contributed by atoms with E-state index in [1.165, 1.54) is 41.8 Å². The van der Waals surface area contributed by atoms with E-state index in [1.807, 2.05) is 26.4 Å². The summed E-state index contributed by atoms with van der Waals surface area (Å²) >= 11 is 0. The molecule has 3 atom stereocenters. The van der Waals surface area contributed by atoms with Gasteiger partial charge < -0.3 is 41.8 Å². The lowest BCUT2D eigenvalue weighted by molar-refractivity contribution is -0.122. The lowest BCUT2D eigenvalue weighted by Gasteiger charge is -2.43. The predicted molar refractivity (Wildman–Crippen MR) is 254 cm³/mol. The van der Waals surface area contributed by atoms with E-state index >= 15 is 0 Å². The van der Waals surface area contributed by atoms with Crippen LogP contribution in [0.2, 0.25) is 0 Å². The van der Waals surface area contributed by atoms with Gasteiger partial charge in [0.15, 0.2) is 5.78 Å². The third kappa shape index (κ3) is 13.5. The highest BCUT2D eigenvalue weighted by atomic mass is 32.2. The van der Waals surface area contributed by atoms with E-state index in [4.69, 9.17) is 11.5 Å². The maximum Gasteiger partial charge on any atom is 0.245 e. The van der Waals surface area contributed by atoms with Crippen molar-refractivity contribution in [1.29, 1.82) is 0 Å². The summed E-state index contributed by atoms with van der Waals surface area (Å²) in [4.78, 5) is 79.6. The Labute approximate surface area is 393 Å². The number of hydrogen-bond acceptors (Lipinski definition) is 15. The Morgan fingerprint density at radius 1 is 0.806 bits per heavy atom. The molecule has 3 amide bonds. The van der Waals surface area contributed by atoms with Gasteiger partial charge in [0.2, 0.25) is 27.7 Å². The number of sulfonamides is 1. The number of Topliss-reactive ketones (excluding diaryl/α,β-unsaturated/α-hetero) is 2. The highest BCUT2D eigenvalue weighted by Crippen LogP contribution is 2.40. The van der Waals surface area contributed by atoms with Crippen LogP contribution in [-0.4, -0.2) is 169 Å². The number of nitrogens with one attached hydrogen (secondary N) is 4. The minimum atomic E-state index is -3.99. The number of piperidine rings is 3. The molecule has 20 nitrogen and oxygen atoms in total. The molecule has 0 saturated carbocycles. The van der Waals surface area contributed by atoms with Gasteiger partial charge in [-0.1, -0.05) is 24.3 Å². The Hall–Kier alpha value is -5.29. The fourth-order valence-electron chi connectivity index (χ4n) is 8.93. The van der Waals surface area contributed by atoms with Crippen LogP contribution in [0.5, 0.6) is 0 Å². The number of aromatic amines is 1. The number of H-pyrrole nitrogens is 1. The largest absolute Gasteiger partial charge is 0.368 e. The molecule has 21 heteroatoms. The van der Waals surface area contributed by atoms with Crippen molar-refractivity contribution in [3.63, 3.8) is 0 Å². The van der Waals surface area contributed by atoms with Crippen LogP contribution in [0.15, 0.2) is 75.2 Å². The molecule has 0 aliphatic carbocycles. The molecule has 2 spiro atoms. The Morgan fingerprint density at radius 3 is 1.88 bits per heavy atom. The van der Waals surface area contributed by atoms with E-state index in [1.54, 1.807) is 12.4 Å². The first-order valence-corrected chi connectivity index (χ1v) is 24.4. The summed E-state index contributed by atoms with van der Waals surface area (Å²) in [6.45, 7) is 6.78. The summed E-state index contributed by atoms with van der Waals surface area (Å²) in [5.74, 6) is -0.371. The summed E-state index contributed by atoms with van der Waals surface area (Å²) in [6, 6.07) is 4.32. The quantitative estimate of drug-likeness (QED) is 0.181. The number of rotatable bonds is 10. The topological polar surface area (TPSA) is 274 Å². The van der Waals surface area contributed by atoms with Gasteiger partial charge in [-0.05, 0) is 65.9 Å². The Morgan fingerprint density at radius 2 is 1.37 bits per heavy atom. The second-order valence-corrected chi connectivity index (χ2v) is 20.1. The minimum absolute atomic E-state index is 0.0798. The van der Waals surface area contributed by atoms with Crippen LogP contribution in [0.3, 0.4) is 0 Å². The first-order valence-electron chi connectivity index (χ1n) is 23.0. The zero-order valence-electron chi connectivity index (χ0n) is 39.1. The molecule has 5 saturated heterocycles. The number of ketones is 2. The van der Waals surface area contributed by atoms with Gasteiger partial charge in [0, 0.05) is 125 Å². The molecule has 0 bridgehead atoms. The highest BCUT2D eigenvalue weighted by molar-refractivity contribution is 7.89. The molecule has 1 aromatic heterocycles. The molecule has 7 aliphatic heterocycles. The van der Waals surface area contributed by atoms with E-state index in [-0.39, 0.29) is 40.6 Å². The van der Waals surface area contributed by atoms with E-state index in [0.717, 1.165) is 75.4 Å². The molecular weight excluding hydrogens is 879 g/mol. The fraction of sp³-hybridized carbons (Fsp3) is 0.565. The average Bonchev–Trinajstić information content (AvgIpc) is 4.17. The van der Waals surface area contributed by atoms with Gasteiger partial charge in [-0.25, -0.2) is 13.4 Å². The van der Waals surface area contributed by atoms with Crippen LogP contribution in [-0.2, 0) is 35.6 Å². The standard InChI is InChI=1S/C21H26N4O4S.C13H20N4O.C6H10N4O.C6H11NO/c1-15(26)16-5-7-18(8-6-16)30(28,29)25-19(14-17-4-3-11-22-17)20(27)23-21(25)9-12-24(2)13-10-21;1-17-7-4-13(5-8-17)15-11(12(18)16-13)9-10-3-2-6-14-10;7-5(6(8)11)1-4-2-9-3-10-4;1-7-4-2-6(8)3-5-7/h4-8,11,19H,3,9-10,12-14H2,1-2H3,(H,23,27);3,6,11,15H,2,4-5,7-9H2,1H3,(H,16,18);2-3,5H,1,7H2,(H2,8,11)(H,9,10);2-5H2,1H3. The number of benzene rings is 1. The second kappa shape index (κ2) is 22.7. The van der Waals surface area contributed by atoms with Gasteiger partial charge in [-0.2, -0.15) is 4.31 Å². The molecule has 364 valence electrons. The highest BCUT2D eigenvalue weighted by Gasteiger charge is 2.57. The van der Waals surface area contributed by atoms with Crippen molar-refractivity contribution in [3.8, 4) is 0 Å². The number of carbonyl (C=O) groups is 5. The number of hydrogen-bond donors (Lipinski definition) is 6. The van der Waals surface area contributed by atoms with Crippen molar-refractivity contribution in [2.24, 2.45) is 21.5 Å². The molecule has 67 heavy (non-hydrogen) atoms. The molecular formula is C46H67N13O7S. The minimum Gasteiger partial charge on any atom is -0.368 e. The number of primary amides is 1. The van der Waals surface area contributed by atoms with Crippen LogP contribution in [0.1, 0.15) is 87.2 Å². The second-order valence-electron chi connectivity index (χ2n) is 18.3. The molecule has 9 rings (SSSR count). The van der Waals surface area contributed by atoms with Gasteiger partial charge in [-0.15, -0.1) is 0 Å². The SMILES string of the molecule is CC(=O)c1ccc(S(=O)(=O)N2C(CC3=CCC=N3)C(=O)NC23CCN(C)CC3)cc1.CN1CCC(=O)CC1.CN1CCC2(CC1)NC(=O)C(CC1=CCC=N1)N2.NC(=O)C(N)Cc1cnc[nH]1.